The van der Waals surface area contributed by atoms with Crippen molar-refractivity contribution in [2.24, 2.45) is 0 Å². The normalized spacial score (nSPS) is 14.7. The Hall–Kier alpha value is -1.78. The van der Waals surface area contributed by atoms with Gasteiger partial charge >= 0.3 is 0 Å². The highest BCUT2D eigenvalue weighted by Gasteiger charge is 2.22. The van der Waals surface area contributed by atoms with Crippen LogP contribution < -0.4 is 0 Å². The second kappa shape index (κ2) is 9.18. The fraction of sp³-hybridized carbons (Fsp3) is 0.455. The van der Waals surface area contributed by atoms with E-state index in [0.29, 0.717) is 0 Å². The summed E-state index contributed by atoms with van der Waals surface area (Å²) in [7, 11) is 0. The van der Waals surface area contributed by atoms with Crippen LogP contribution >= 0.6 is 0 Å². The van der Waals surface area contributed by atoms with Crippen LogP contribution in [0.4, 0.5) is 5.69 Å². The van der Waals surface area contributed by atoms with E-state index in [4.69, 9.17) is 30.6 Å². The molecule has 9 nitrogen and oxygen atoms in total. The van der Waals surface area contributed by atoms with Crippen molar-refractivity contribution >= 4 is 5.69 Å². The summed E-state index contributed by atoms with van der Waals surface area (Å²) >= 11 is 0. The van der Waals surface area contributed by atoms with Crippen LogP contribution in [0.2, 0.25) is 0 Å². The van der Waals surface area contributed by atoms with Crippen LogP contribution in [0.5, 0.6) is 5.75 Å². The molecule has 6 N–H and O–H groups in total. The first-order valence-corrected chi connectivity index (χ1v) is 5.52. The lowest BCUT2D eigenvalue weighted by Crippen LogP contribution is -2.41. The topological polar surface area (TPSA) is 165 Å². The highest BCUT2D eigenvalue weighted by Crippen LogP contribution is 2.14. The van der Waals surface area contributed by atoms with Gasteiger partial charge in [-0.3, -0.25) is 10.1 Å². The number of phenolic OH excluding ortho intramolecular Hbond substituents is 1. The van der Waals surface area contributed by atoms with E-state index in [1.807, 2.05) is 0 Å². The molecule has 0 saturated carbocycles. The van der Waals surface area contributed by atoms with E-state index >= 15 is 0 Å². The van der Waals surface area contributed by atoms with Gasteiger partial charge in [-0.2, -0.15) is 0 Å². The number of nitrogens with zero attached hydrogens (tertiary/aromatic N) is 1. The van der Waals surface area contributed by atoms with E-state index in [-0.39, 0.29) is 11.4 Å². The number of nitro benzene ring substituents is 1. The molecule has 0 amide bonds. The number of rotatable bonds is 5. The molecule has 0 saturated heterocycles. The molecule has 0 aromatic heterocycles. The van der Waals surface area contributed by atoms with Gasteiger partial charge < -0.3 is 30.6 Å². The lowest BCUT2D eigenvalue weighted by molar-refractivity contribution is -0.384. The summed E-state index contributed by atoms with van der Waals surface area (Å²) < 4.78 is 0. The van der Waals surface area contributed by atoms with Crippen molar-refractivity contribution in [1.29, 1.82) is 0 Å². The Morgan fingerprint density at radius 2 is 1.40 bits per heavy atom. The number of benzene rings is 1. The SMILES string of the molecule is O=[N+]([O-])c1ccc(O)cc1.OCC(O)C(O)C(O)CO. The van der Waals surface area contributed by atoms with Gasteiger partial charge in [0.2, 0.25) is 0 Å². The Morgan fingerprint density at radius 3 is 1.70 bits per heavy atom. The Balaban J connectivity index is 0.000000361. The quantitative estimate of drug-likeness (QED) is 0.277. The monoisotopic (exact) mass is 291 g/mol. The van der Waals surface area contributed by atoms with E-state index in [0.717, 1.165) is 0 Å². The third-order valence-corrected chi connectivity index (χ3v) is 2.22. The zero-order valence-electron chi connectivity index (χ0n) is 10.4. The highest BCUT2D eigenvalue weighted by atomic mass is 16.6. The average molecular weight is 291 g/mol. The van der Waals surface area contributed by atoms with Crippen molar-refractivity contribution in [3.05, 3.63) is 34.4 Å². The summed E-state index contributed by atoms with van der Waals surface area (Å²) in [6, 6.07) is 5.04. The molecular formula is C11H17NO8. The maximum Gasteiger partial charge on any atom is 0.269 e. The standard InChI is InChI=1S/C6H5NO3.C5H12O5/c8-6-3-1-5(2-4-6)7(9)10;6-1-3(8)5(10)4(9)2-7/h1-4,8H;3-10H,1-2H2. The number of hydrogen-bond acceptors (Lipinski definition) is 8. The molecule has 2 unspecified atom stereocenters. The third kappa shape index (κ3) is 6.41. The van der Waals surface area contributed by atoms with Gasteiger partial charge in [-0.25, -0.2) is 0 Å². The first kappa shape index (κ1) is 18.2. The molecule has 0 radical (unpaired) electrons. The van der Waals surface area contributed by atoms with Gasteiger partial charge in [-0.15, -0.1) is 0 Å². The van der Waals surface area contributed by atoms with Crippen LogP contribution in [0, 0.1) is 10.1 Å². The second-order valence-electron chi connectivity index (χ2n) is 3.76. The van der Waals surface area contributed by atoms with E-state index in [2.05, 4.69) is 0 Å². The summed E-state index contributed by atoms with van der Waals surface area (Å²) in [5, 5.41) is 61.3. The molecule has 20 heavy (non-hydrogen) atoms. The number of non-ortho nitro benzene ring substituents is 1. The molecular weight excluding hydrogens is 274 g/mol. The molecule has 1 aromatic rings. The molecule has 114 valence electrons. The highest BCUT2D eigenvalue weighted by molar-refractivity contribution is 5.34. The molecule has 0 aliphatic rings. The Bertz CT molecular complexity index is 386. The van der Waals surface area contributed by atoms with Crippen molar-refractivity contribution in [3.8, 4) is 5.75 Å². The summed E-state index contributed by atoms with van der Waals surface area (Å²) in [4.78, 5) is 9.52. The predicted molar refractivity (Wildman–Crippen MR) is 67.0 cm³/mol. The second-order valence-corrected chi connectivity index (χ2v) is 3.76. The first-order valence-electron chi connectivity index (χ1n) is 5.52. The maximum atomic E-state index is 10.0. The maximum absolute atomic E-state index is 10.0. The molecule has 0 fully saturated rings. The minimum Gasteiger partial charge on any atom is -0.508 e. The number of nitro groups is 1. The zero-order chi connectivity index (χ0) is 15.7. The minimum absolute atomic E-state index is 0.0159. The van der Waals surface area contributed by atoms with E-state index < -0.39 is 36.4 Å². The average Bonchev–Trinajstić information content (AvgIpc) is 2.45. The van der Waals surface area contributed by atoms with Gasteiger partial charge in [0.05, 0.1) is 18.1 Å². The Labute approximate surface area is 114 Å². The molecule has 1 rings (SSSR count). The molecule has 1 aromatic carbocycles. The van der Waals surface area contributed by atoms with Gasteiger partial charge in [0.15, 0.2) is 0 Å². The summed E-state index contributed by atoms with van der Waals surface area (Å²) in [5.74, 6) is 0.0330. The van der Waals surface area contributed by atoms with Crippen molar-refractivity contribution in [2.45, 2.75) is 18.3 Å². The van der Waals surface area contributed by atoms with Crippen LogP contribution in [0.25, 0.3) is 0 Å². The minimum atomic E-state index is -1.49. The zero-order valence-corrected chi connectivity index (χ0v) is 10.4. The van der Waals surface area contributed by atoms with Crippen LogP contribution in [0.15, 0.2) is 24.3 Å². The fourth-order valence-corrected chi connectivity index (χ4v) is 1.05. The lowest BCUT2D eigenvalue weighted by Gasteiger charge is -2.19. The summed E-state index contributed by atoms with van der Waals surface area (Å²) in [6.45, 7) is -1.28. The van der Waals surface area contributed by atoms with Crippen molar-refractivity contribution in [2.75, 3.05) is 13.2 Å². The molecule has 0 heterocycles. The van der Waals surface area contributed by atoms with Crippen LogP contribution in [0.1, 0.15) is 0 Å². The predicted octanol–water partition coefficient (Wildman–Crippen LogP) is -1.65. The first-order chi connectivity index (χ1) is 9.33. The molecule has 0 aliphatic carbocycles. The number of aliphatic hydroxyl groups excluding tert-OH is 5. The van der Waals surface area contributed by atoms with Crippen LogP contribution in [0.3, 0.4) is 0 Å². The molecule has 2 atom stereocenters. The molecule has 0 bridgehead atoms. The van der Waals surface area contributed by atoms with Gasteiger partial charge in [0.25, 0.3) is 5.69 Å². The molecule has 0 aliphatic heterocycles. The molecule has 9 heteroatoms. The Kier molecular flexibility index (Phi) is 8.36. The molecule has 0 spiro atoms. The number of aliphatic hydroxyl groups is 5. The van der Waals surface area contributed by atoms with Crippen molar-refractivity contribution < 1.29 is 35.6 Å². The summed E-state index contributed by atoms with van der Waals surface area (Å²) in [6.07, 6.45) is -4.29. The number of phenols is 1. The van der Waals surface area contributed by atoms with Crippen LogP contribution in [-0.4, -0.2) is 67.1 Å². The van der Waals surface area contributed by atoms with Gasteiger partial charge in [0, 0.05) is 12.1 Å². The van der Waals surface area contributed by atoms with Gasteiger partial charge in [0.1, 0.15) is 24.1 Å². The number of hydrogen-bond donors (Lipinski definition) is 6. The Morgan fingerprint density at radius 1 is 1.00 bits per heavy atom. The smallest absolute Gasteiger partial charge is 0.269 e. The lowest BCUT2D eigenvalue weighted by atomic mass is 10.1. The van der Waals surface area contributed by atoms with Crippen molar-refractivity contribution in [3.63, 3.8) is 0 Å². The summed E-state index contributed by atoms with van der Waals surface area (Å²) in [5.41, 5.74) is -0.0159. The van der Waals surface area contributed by atoms with E-state index in [9.17, 15) is 10.1 Å². The van der Waals surface area contributed by atoms with Gasteiger partial charge in [-0.1, -0.05) is 0 Å². The fourth-order valence-electron chi connectivity index (χ4n) is 1.05. The van der Waals surface area contributed by atoms with E-state index in [1.165, 1.54) is 24.3 Å². The third-order valence-electron chi connectivity index (χ3n) is 2.22. The van der Waals surface area contributed by atoms with Crippen LogP contribution in [-0.2, 0) is 0 Å². The van der Waals surface area contributed by atoms with E-state index in [1.54, 1.807) is 0 Å². The largest absolute Gasteiger partial charge is 0.508 e. The van der Waals surface area contributed by atoms with Gasteiger partial charge in [-0.05, 0) is 12.1 Å². The number of aromatic hydroxyl groups is 1. The van der Waals surface area contributed by atoms with Crippen molar-refractivity contribution in [1.82, 2.24) is 0 Å².